The molecule has 2 aliphatic heterocycles. The fourth-order valence-corrected chi connectivity index (χ4v) is 5.81. The number of amides is 2. The number of rotatable bonds is 5. The van der Waals surface area contributed by atoms with Crippen LogP contribution in [0.2, 0.25) is 0 Å². The molecule has 0 bridgehead atoms. The molecule has 3 aliphatic rings. The minimum Gasteiger partial charge on any atom is -0.364 e. The predicted octanol–water partition coefficient (Wildman–Crippen LogP) is 4.53. The molecule has 2 amide bonds. The normalized spacial score (nSPS) is 20.5. The number of carbonyl (C=O) groups excluding carboxylic acids is 2. The molecule has 1 aliphatic carbocycles. The van der Waals surface area contributed by atoms with Gasteiger partial charge in [0.05, 0.1) is 5.57 Å². The van der Waals surface area contributed by atoms with Gasteiger partial charge in [-0.05, 0) is 43.4 Å². The molecule has 0 unspecified atom stereocenters. The maximum absolute atomic E-state index is 13.8. The summed E-state index contributed by atoms with van der Waals surface area (Å²) in [5.74, 6) is -0.172. The number of aryl methyl sites for hydroxylation is 2. The Hall–Kier alpha value is -2.92. The van der Waals surface area contributed by atoms with Crippen LogP contribution in [0.1, 0.15) is 54.4 Å². The third-order valence-corrected chi connectivity index (χ3v) is 7.62. The van der Waals surface area contributed by atoms with Crippen molar-refractivity contribution in [2.45, 2.75) is 58.5 Å². The van der Waals surface area contributed by atoms with Gasteiger partial charge in [0.15, 0.2) is 0 Å². The minimum atomic E-state index is -0.0921. The monoisotopic (exact) mass is 457 g/mol. The smallest absolute Gasteiger partial charge is 0.278 e. The van der Waals surface area contributed by atoms with Crippen molar-refractivity contribution in [1.82, 2.24) is 14.7 Å². The lowest BCUT2D eigenvalue weighted by atomic mass is 9.94. The van der Waals surface area contributed by atoms with E-state index in [-0.39, 0.29) is 17.9 Å². The standard InChI is InChI=1S/C29H35N3O2/c1-21-13-14-25(22(2)19-21)26-27(29(34)32(28(26)33)24-11-7-4-8-12-24)31-17-15-30(16-18-31)20-23-9-5-3-6-10-23/h3,5-6,9-10,13-14,19,24H,4,7-8,11-12,15-18,20H2,1-2H3. The molecule has 0 aromatic heterocycles. The van der Waals surface area contributed by atoms with E-state index in [2.05, 4.69) is 47.1 Å². The van der Waals surface area contributed by atoms with E-state index in [0.29, 0.717) is 11.3 Å². The Morgan fingerprint density at radius 2 is 1.53 bits per heavy atom. The fraction of sp³-hybridized carbons (Fsp3) is 0.448. The number of nitrogens with zero attached hydrogens (tertiary/aromatic N) is 3. The van der Waals surface area contributed by atoms with E-state index < -0.39 is 0 Å². The molecule has 0 atom stereocenters. The Kier molecular flexibility index (Phi) is 6.55. The quantitative estimate of drug-likeness (QED) is 0.619. The highest BCUT2D eigenvalue weighted by Crippen LogP contribution is 2.37. The summed E-state index contributed by atoms with van der Waals surface area (Å²) < 4.78 is 0. The molecule has 1 saturated carbocycles. The van der Waals surface area contributed by atoms with Gasteiger partial charge in [-0.2, -0.15) is 0 Å². The molecule has 5 nitrogen and oxygen atoms in total. The second-order valence-electron chi connectivity index (χ2n) is 10.1. The highest BCUT2D eigenvalue weighted by atomic mass is 16.2. The van der Waals surface area contributed by atoms with Crippen LogP contribution in [0.3, 0.4) is 0 Å². The van der Waals surface area contributed by atoms with Crippen molar-refractivity contribution >= 4 is 17.4 Å². The third-order valence-electron chi connectivity index (χ3n) is 7.62. The zero-order valence-corrected chi connectivity index (χ0v) is 20.4. The fourth-order valence-electron chi connectivity index (χ4n) is 5.81. The van der Waals surface area contributed by atoms with Gasteiger partial charge in [-0.25, -0.2) is 0 Å². The van der Waals surface area contributed by atoms with Crippen molar-refractivity contribution in [3.05, 3.63) is 76.5 Å². The van der Waals surface area contributed by atoms with Gasteiger partial charge in [-0.1, -0.05) is 73.4 Å². The van der Waals surface area contributed by atoms with Gasteiger partial charge in [0.1, 0.15) is 5.70 Å². The zero-order valence-electron chi connectivity index (χ0n) is 20.4. The molecule has 34 heavy (non-hydrogen) atoms. The molecule has 0 radical (unpaired) electrons. The summed E-state index contributed by atoms with van der Waals surface area (Å²) in [7, 11) is 0. The number of carbonyl (C=O) groups is 2. The summed E-state index contributed by atoms with van der Waals surface area (Å²) in [5, 5.41) is 0. The molecule has 2 aromatic rings. The van der Waals surface area contributed by atoms with E-state index in [1.165, 1.54) is 17.5 Å². The summed E-state index contributed by atoms with van der Waals surface area (Å²) in [4.78, 5) is 33.9. The maximum Gasteiger partial charge on any atom is 0.278 e. The van der Waals surface area contributed by atoms with E-state index in [4.69, 9.17) is 0 Å². The Morgan fingerprint density at radius 1 is 0.824 bits per heavy atom. The highest BCUT2D eigenvalue weighted by Gasteiger charge is 2.45. The number of hydrogen-bond donors (Lipinski definition) is 0. The van der Waals surface area contributed by atoms with Crippen molar-refractivity contribution in [3.63, 3.8) is 0 Å². The van der Waals surface area contributed by atoms with Crippen LogP contribution in [0, 0.1) is 13.8 Å². The van der Waals surface area contributed by atoms with Crippen molar-refractivity contribution in [2.24, 2.45) is 0 Å². The van der Waals surface area contributed by atoms with E-state index in [9.17, 15) is 9.59 Å². The second-order valence-corrected chi connectivity index (χ2v) is 10.1. The van der Waals surface area contributed by atoms with Crippen molar-refractivity contribution in [3.8, 4) is 0 Å². The van der Waals surface area contributed by atoms with Crippen LogP contribution < -0.4 is 0 Å². The summed E-state index contributed by atoms with van der Waals surface area (Å²) in [6.07, 6.45) is 5.23. The maximum atomic E-state index is 13.8. The van der Waals surface area contributed by atoms with Crippen LogP contribution in [-0.2, 0) is 16.1 Å². The lowest BCUT2D eigenvalue weighted by Gasteiger charge is -2.37. The summed E-state index contributed by atoms with van der Waals surface area (Å²) in [6, 6.07) is 16.7. The van der Waals surface area contributed by atoms with E-state index in [0.717, 1.165) is 69.5 Å². The van der Waals surface area contributed by atoms with Crippen LogP contribution in [0.15, 0.2) is 54.2 Å². The Balaban J connectivity index is 1.43. The molecule has 0 spiro atoms. The molecule has 2 aromatic carbocycles. The van der Waals surface area contributed by atoms with E-state index in [1.54, 1.807) is 4.90 Å². The molecule has 2 heterocycles. The minimum absolute atomic E-state index is 0.0337. The SMILES string of the molecule is Cc1ccc(C2=C(N3CCN(Cc4ccccc4)CC3)C(=O)N(C3CCCCC3)C2=O)c(C)c1. The van der Waals surface area contributed by atoms with E-state index >= 15 is 0 Å². The Bertz CT molecular complexity index is 1090. The topological polar surface area (TPSA) is 43.9 Å². The molecule has 1 saturated heterocycles. The molecule has 178 valence electrons. The number of imide groups is 1. The first-order chi connectivity index (χ1) is 16.5. The lowest BCUT2D eigenvalue weighted by Crippen LogP contribution is -2.48. The van der Waals surface area contributed by atoms with Gasteiger partial charge in [0.2, 0.25) is 0 Å². The molecule has 0 N–H and O–H groups in total. The van der Waals surface area contributed by atoms with Crippen molar-refractivity contribution < 1.29 is 9.59 Å². The molecule has 2 fully saturated rings. The first-order valence-electron chi connectivity index (χ1n) is 12.7. The van der Waals surface area contributed by atoms with Gasteiger partial charge >= 0.3 is 0 Å². The summed E-state index contributed by atoms with van der Waals surface area (Å²) >= 11 is 0. The van der Waals surface area contributed by atoms with Gasteiger partial charge in [0, 0.05) is 38.8 Å². The predicted molar refractivity (Wildman–Crippen MR) is 135 cm³/mol. The first-order valence-corrected chi connectivity index (χ1v) is 12.7. The van der Waals surface area contributed by atoms with Crippen molar-refractivity contribution in [2.75, 3.05) is 26.2 Å². The highest BCUT2D eigenvalue weighted by molar-refractivity contribution is 6.36. The Labute approximate surface area is 203 Å². The van der Waals surface area contributed by atoms with Crippen LogP contribution in [-0.4, -0.2) is 58.7 Å². The average molecular weight is 458 g/mol. The van der Waals surface area contributed by atoms with Crippen molar-refractivity contribution in [1.29, 1.82) is 0 Å². The molecule has 5 rings (SSSR count). The van der Waals surface area contributed by atoms with E-state index in [1.807, 2.05) is 25.1 Å². The second kappa shape index (κ2) is 9.75. The largest absolute Gasteiger partial charge is 0.364 e. The van der Waals surface area contributed by atoms with Gasteiger partial charge in [-0.15, -0.1) is 0 Å². The van der Waals surface area contributed by atoms with Crippen LogP contribution >= 0.6 is 0 Å². The summed E-state index contributed by atoms with van der Waals surface area (Å²) in [6.45, 7) is 8.30. The van der Waals surface area contributed by atoms with Crippen LogP contribution in [0.4, 0.5) is 0 Å². The van der Waals surface area contributed by atoms with Crippen LogP contribution in [0.25, 0.3) is 5.57 Å². The molecular formula is C29H35N3O2. The third kappa shape index (κ3) is 4.41. The first kappa shape index (κ1) is 22.9. The number of hydrogen-bond acceptors (Lipinski definition) is 4. The van der Waals surface area contributed by atoms with Gasteiger partial charge in [-0.3, -0.25) is 19.4 Å². The average Bonchev–Trinajstić information content (AvgIpc) is 3.10. The summed E-state index contributed by atoms with van der Waals surface area (Å²) in [5.41, 5.74) is 5.68. The Morgan fingerprint density at radius 3 is 2.21 bits per heavy atom. The zero-order chi connectivity index (χ0) is 23.7. The number of benzene rings is 2. The molecular weight excluding hydrogens is 422 g/mol. The van der Waals surface area contributed by atoms with Gasteiger partial charge < -0.3 is 4.90 Å². The van der Waals surface area contributed by atoms with Crippen LogP contribution in [0.5, 0.6) is 0 Å². The molecule has 5 heteroatoms. The van der Waals surface area contributed by atoms with Gasteiger partial charge in [0.25, 0.3) is 11.8 Å². The number of piperazine rings is 1. The lowest BCUT2D eigenvalue weighted by molar-refractivity contribution is -0.141.